The number of methoxy groups -OCH3 is 1. The number of aliphatic hydroxyl groups is 1. The summed E-state index contributed by atoms with van der Waals surface area (Å²) < 4.78 is 32.9. The van der Waals surface area contributed by atoms with Gasteiger partial charge in [0.2, 0.25) is 0 Å². The number of aliphatic hydroxyl groups excluding tert-OH is 1. The molecule has 0 saturated heterocycles. The van der Waals surface area contributed by atoms with Crippen molar-refractivity contribution in [1.82, 2.24) is 13.9 Å². The summed E-state index contributed by atoms with van der Waals surface area (Å²) >= 11 is 0. The van der Waals surface area contributed by atoms with E-state index in [0.29, 0.717) is 5.82 Å². The van der Waals surface area contributed by atoms with E-state index in [1.165, 1.54) is 11.4 Å². The number of rotatable bonds is 9. The Morgan fingerprint density at radius 3 is 2.70 bits per heavy atom. The molecule has 8 heteroatoms. The monoisotopic (exact) mass is 305 g/mol. The summed E-state index contributed by atoms with van der Waals surface area (Å²) in [5.74, 6) is 0.668. The molecule has 0 fully saturated rings. The molecule has 0 bridgehead atoms. The predicted molar refractivity (Wildman–Crippen MR) is 75.0 cm³/mol. The number of nitrogens with zero attached hydrogens (tertiary/aromatic N) is 3. The van der Waals surface area contributed by atoms with E-state index < -0.39 is 10.0 Å². The van der Waals surface area contributed by atoms with Crippen LogP contribution in [-0.2, 0) is 21.3 Å². The van der Waals surface area contributed by atoms with Crippen LogP contribution in [0.15, 0.2) is 11.2 Å². The van der Waals surface area contributed by atoms with E-state index in [-0.39, 0.29) is 31.3 Å². The topological polar surface area (TPSA) is 84.7 Å². The van der Waals surface area contributed by atoms with E-state index >= 15 is 0 Å². The van der Waals surface area contributed by atoms with Gasteiger partial charge in [-0.15, -0.1) is 0 Å². The van der Waals surface area contributed by atoms with Gasteiger partial charge in [0, 0.05) is 32.9 Å². The molecule has 0 amide bonds. The predicted octanol–water partition coefficient (Wildman–Crippen LogP) is 0.231. The minimum absolute atomic E-state index is 0.0213. The molecule has 0 aliphatic carbocycles. The van der Waals surface area contributed by atoms with Crippen LogP contribution in [0.5, 0.6) is 0 Å². The quantitative estimate of drug-likeness (QED) is 0.706. The molecule has 1 N–H and O–H groups in total. The van der Waals surface area contributed by atoms with Crippen LogP contribution >= 0.6 is 0 Å². The fraction of sp³-hybridized carbons (Fsp3) is 0.750. The molecule has 20 heavy (non-hydrogen) atoms. The van der Waals surface area contributed by atoms with E-state index in [4.69, 9.17) is 9.84 Å². The number of ether oxygens (including phenoxy) is 1. The molecule has 116 valence electrons. The van der Waals surface area contributed by atoms with Crippen molar-refractivity contribution in [1.29, 1.82) is 0 Å². The molecule has 0 atom stereocenters. The summed E-state index contributed by atoms with van der Waals surface area (Å²) in [7, 11) is -2.19. The maximum absolute atomic E-state index is 12.5. The zero-order valence-corrected chi connectivity index (χ0v) is 13.1. The SMILES string of the molecule is CCCn1cc(S(=O)(=O)N(CCO)CCOC)nc1C. The molecular formula is C12H23N3O4S. The zero-order chi connectivity index (χ0) is 15.2. The lowest BCUT2D eigenvalue weighted by Crippen LogP contribution is -2.36. The molecule has 1 heterocycles. The van der Waals surface area contributed by atoms with Crippen LogP contribution < -0.4 is 0 Å². The van der Waals surface area contributed by atoms with Crippen LogP contribution in [0.25, 0.3) is 0 Å². The number of hydrogen-bond donors (Lipinski definition) is 1. The third-order valence-corrected chi connectivity index (χ3v) is 4.69. The van der Waals surface area contributed by atoms with Crippen molar-refractivity contribution in [2.45, 2.75) is 31.8 Å². The van der Waals surface area contributed by atoms with Crippen LogP contribution in [0, 0.1) is 6.92 Å². The molecule has 0 unspecified atom stereocenters. The van der Waals surface area contributed by atoms with Gasteiger partial charge in [-0.3, -0.25) is 0 Å². The second-order valence-corrected chi connectivity index (χ2v) is 6.33. The Kier molecular flexibility index (Phi) is 6.60. The first-order valence-electron chi connectivity index (χ1n) is 6.61. The van der Waals surface area contributed by atoms with Gasteiger partial charge in [0.05, 0.1) is 13.2 Å². The molecule has 1 aromatic rings. The van der Waals surface area contributed by atoms with Gasteiger partial charge in [0.1, 0.15) is 5.82 Å². The van der Waals surface area contributed by atoms with Crippen LogP contribution in [0.3, 0.4) is 0 Å². The summed E-state index contributed by atoms with van der Waals surface area (Å²) in [5.41, 5.74) is 0. The molecular weight excluding hydrogens is 282 g/mol. The molecule has 0 spiro atoms. The molecule has 0 radical (unpaired) electrons. The largest absolute Gasteiger partial charge is 0.395 e. The number of hydrogen-bond acceptors (Lipinski definition) is 5. The van der Waals surface area contributed by atoms with Crippen LogP contribution in [0.4, 0.5) is 0 Å². The fourth-order valence-electron chi connectivity index (χ4n) is 1.86. The van der Waals surface area contributed by atoms with Gasteiger partial charge in [-0.1, -0.05) is 6.92 Å². The van der Waals surface area contributed by atoms with Gasteiger partial charge in [0.25, 0.3) is 10.0 Å². The molecule has 1 rings (SSSR count). The van der Waals surface area contributed by atoms with Gasteiger partial charge in [0.15, 0.2) is 5.03 Å². The first kappa shape index (κ1) is 17.1. The summed E-state index contributed by atoms with van der Waals surface area (Å²) in [6.07, 6.45) is 2.45. The minimum Gasteiger partial charge on any atom is -0.395 e. The van der Waals surface area contributed by atoms with Crippen molar-refractivity contribution < 1.29 is 18.3 Å². The number of aryl methyl sites for hydroxylation is 2. The van der Waals surface area contributed by atoms with E-state index in [1.807, 2.05) is 11.5 Å². The molecule has 0 saturated carbocycles. The van der Waals surface area contributed by atoms with Crippen molar-refractivity contribution in [3.05, 3.63) is 12.0 Å². The average Bonchev–Trinajstić information content (AvgIpc) is 2.77. The first-order valence-corrected chi connectivity index (χ1v) is 8.05. The number of sulfonamides is 1. The van der Waals surface area contributed by atoms with Gasteiger partial charge in [-0.2, -0.15) is 4.31 Å². The Bertz CT molecular complexity index is 513. The lowest BCUT2D eigenvalue weighted by atomic mass is 10.5. The smallest absolute Gasteiger partial charge is 0.262 e. The second-order valence-electron chi connectivity index (χ2n) is 4.44. The normalized spacial score (nSPS) is 12.2. The molecule has 0 aromatic carbocycles. The average molecular weight is 305 g/mol. The molecule has 1 aromatic heterocycles. The lowest BCUT2D eigenvalue weighted by Gasteiger charge is -2.19. The van der Waals surface area contributed by atoms with Crippen molar-refractivity contribution in [3.63, 3.8) is 0 Å². The summed E-state index contributed by atoms with van der Waals surface area (Å²) in [5, 5.41) is 9.04. The highest BCUT2D eigenvalue weighted by Crippen LogP contribution is 2.15. The van der Waals surface area contributed by atoms with Crippen LogP contribution in [-0.4, -0.2) is 60.8 Å². The van der Waals surface area contributed by atoms with Gasteiger partial charge < -0.3 is 14.4 Å². The molecule has 0 aliphatic heterocycles. The third kappa shape index (κ3) is 4.02. The lowest BCUT2D eigenvalue weighted by molar-refractivity contribution is 0.168. The number of aromatic nitrogens is 2. The summed E-state index contributed by atoms with van der Waals surface area (Å²) in [4.78, 5) is 4.12. The Balaban J connectivity index is 3.02. The van der Waals surface area contributed by atoms with Crippen LogP contribution in [0.2, 0.25) is 0 Å². The van der Waals surface area contributed by atoms with Crippen molar-refractivity contribution in [3.8, 4) is 0 Å². The fourth-order valence-corrected chi connectivity index (χ4v) is 3.27. The van der Waals surface area contributed by atoms with E-state index in [0.717, 1.165) is 13.0 Å². The Labute approximate surface area is 120 Å². The second kappa shape index (κ2) is 7.72. The molecule has 0 aliphatic rings. The first-order chi connectivity index (χ1) is 9.47. The maximum Gasteiger partial charge on any atom is 0.262 e. The van der Waals surface area contributed by atoms with Gasteiger partial charge in [-0.05, 0) is 13.3 Å². The van der Waals surface area contributed by atoms with E-state index in [2.05, 4.69) is 4.98 Å². The maximum atomic E-state index is 12.5. The standard InChI is InChI=1S/C12H23N3O4S/c1-4-5-14-10-12(13-11(14)2)20(17,18)15(6-8-16)7-9-19-3/h10,16H,4-9H2,1-3H3. The Morgan fingerprint density at radius 1 is 1.45 bits per heavy atom. The minimum atomic E-state index is -3.69. The Morgan fingerprint density at radius 2 is 2.15 bits per heavy atom. The van der Waals surface area contributed by atoms with Crippen molar-refractivity contribution >= 4 is 10.0 Å². The summed E-state index contributed by atoms with van der Waals surface area (Å²) in [6.45, 7) is 4.78. The van der Waals surface area contributed by atoms with Gasteiger partial charge >= 0.3 is 0 Å². The Hall–Kier alpha value is -0.960. The summed E-state index contributed by atoms with van der Waals surface area (Å²) in [6, 6.07) is 0. The number of imidazole rings is 1. The van der Waals surface area contributed by atoms with Crippen molar-refractivity contribution in [2.24, 2.45) is 0 Å². The van der Waals surface area contributed by atoms with Gasteiger partial charge in [-0.25, -0.2) is 13.4 Å². The van der Waals surface area contributed by atoms with Crippen molar-refractivity contribution in [2.75, 3.05) is 33.4 Å². The zero-order valence-electron chi connectivity index (χ0n) is 12.2. The highest BCUT2D eigenvalue weighted by molar-refractivity contribution is 7.89. The highest BCUT2D eigenvalue weighted by atomic mass is 32.2. The molecule has 7 nitrogen and oxygen atoms in total. The van der Waals surface area contributed by atoms with Crippen LogP contribution in [0.1, 0.15) is 19.2 Å². The van der Waals surface area contributed by atoms with E-state index in [9.17, 15) is 8.42 Å². The van der Waals surface area contributed by atoms with E-state index in [1.54, 1.807) is 13.1 Å². The highest BCUT2D eigenvalue weighted by Gasteiger charge is 2.27. The third-order valence-electron chi connectivity index (χ3n) is 2.92.